The lowest BCUT2D eigenvalue weighted by atomic mass is 10.2. The van der Waals surface area contributed by atoms with Crippen molar-refractivity contribution in [2.45, 2.75) is 32.0 Å². The number of benzene rings is 1. The minimum atomic E-state index is 0.182. The van der Waals surface area contributed by atoms with Gasteiger partial charge in [0.25, 0.3) is 0 Å². The molecule has 0 radical (unpaired) electrons. The smallest absolute Gasteiger partial charge is 0.133 e. The Morgan fingerprint density at radius 3 is 2.59 bits per heavy atom. The van der Waals surface area contributed by atoms with E-state index < -0.39 is 0 Å². The Bertz CT molecular complexity index is 796. The molecule has 2 aliphatic rings. The lowest BCUT2D eigenvalue weighted by molar-refractivity contribution is 0.0970. The third-order valence-corrected chi connectivity index (χ3v) is 5.54. The molecule has 2 aromatic rings. The van der Waals surface area contributed by atoms with Gasteiger partial charge in [-0.25, -0.2) is 0 Å². The predicted molar refractivity (Wildman–Crippen MR) is 106 cm³/mol. The van der Waals surface area contributed by atoms with Gasteiger partial charge in [0, 0.05) is 39.3 Å². The molecule has 0 spiro atoms. The van der Waals surface area contributed by atoms with Crippen molar-refractivity contribution >= 4 is 11.5 Å². The van der Waals surface area contributed by atoms with Gasteiger partial charge >= 0.3 is 0 Å². The maximum atomic E-state index is 9.54. The van der Waals surface area contributed by atoms with Crippen LogP contribution >= 0.6 is 0 Å². The highest BCUT2D eigenvalue weighted by Gasteiger charge is 2.26. The fraction of sp³-hybridized carbons (Fsp3) is 0.476. The molecule has 1 unspecified atom stereocenters. The van der Waals surface area contributed by atoms with Gasteiger partial charge in [-0.2, -0.15) is 5.26 Å². The Morgan fingerprint density at radius 2 is 1.93 bits per heavy atom. The van der Waals surface area contributed by atoms with Crippen LogP contribution in [0.25, 0.3) is 0 Å². The summed E-state index contributed by atoms with van der Waals surface area (Å²) < 4.78 is 7.86. The molecular formula is C21H27N5O. The summed E-state index contributed by atoms with van der Waals surface area (Å²) in [5, 5.41) is 9.54. The number of nitrogen functional groups attached to an aromatic ring is 1. The number of ether oxygens (including phenoxy) is 1. The van der Waals surface area contributed by atoms with Gasteiger partial charge in [0.05, 0.1) is 18.3 Å². The van der Waals surface area contributed by atoms with E-state index in [4.69, 9.17) is 10.5 Å². The zero-order valence-electron chi connectivity index (χ0n) is 15.7. The van der Waals surface area contributed by atoms with Gasteiger partial charge in [0.15, 0.2) is 0 Å². The quantitative estimate of drug-likeness (QED) is 0.881. The van der Waals surface area contributed by atoms with Crippen molar-refractivity contribution in [2.75, 3.05) is 43.4 Å². The molecule has 6 nitrogen and oxygen atoms in total. The first-order chi connectivity index (χ1) is 13.2. The molecular weight excluding hydrogens is 338 g/mol. The number of hydrogen-bond donors (Lipinski definition) is 1. The topological polar surface area (TPSA) is 70.5 Å². The lowest BCUT2D eigenvalue weighted by Gasteiger charge is -2.37. The first kappa shape index (κ1) is 17.9. The fourth-order valence-electron chi connectivity index (χ4n) is 4.14. The Labute approximate surface area is 160 Å². The van der Waals surface area contributed by atoms with Gasteiger partial charge in [0.2, 0.25) is 0 Å². The molecule has 2 fully saturated rings. The Balaban J connectivity index is 1.46. The average molecular weight is 365 g/mol. The molecule has 142 valence electrons. The van der Waals surface area contributed by atoms with Crippen molar-refractivity contribution in [2.24, 2.45) is 0 Å². The Kier molecular flexibility index (Phi) is 5.33. The first-order valence-electron chi connectivity index (χ1n) is 9.76. The van der Waals surface area contributed by atoms with Crippen LogP contribution in [-0.4, -0.2) is 48.4 Å². The standard InChI is InChI=1S/C21H27N5O/c22-14-18-13-20(23)21(26(18)16-19-7-4-12-27-19)25-10-8-24(9-11-25)15-17-5-2-1-3-6-17/h1-3,5-6,13,19H,4,7-12,15-16,23H2. The number of piperazine rings is 1. The summed E-state index contributed by atoms with van der Waals surface area (Å²) in [6, 6.07) is 14.7. The van der Waals surface area contributed by atoms with Crippen LogP contribution < -0.4 is 10.6 Å². The largest absolute Gasteiger partial charge is 0.396 e. The summed E-state index contributed by atoms with van der Waals surface area (Å²) in [5.74, 6) is 0.987. The monoisotopic (exact) mass is 365 g/mol. The lowest BCUT2D eigenvalue weighted by Crippen LogP contribution is -2.47. The van der Waals surface area contributed by atoms with Crippen LogP contribution in [-0.2, 0) is 17.8 Å². The zero-order chi connectivity index (χ0) is 18.6. The minimum absolute atomic E-state index is 0.182. The Morgan fingerprint density at radius 1 is 1.15 bits per heavy atom. The van der Waals surface area contributed by atoms with Gasteiger partial charge in [-0.1, -0.05) is 30.3 Å². The van der Waals surface area contributed by atoms with E-state index in [1.165, 1.54) is 5.56 Å². The average Bonchev–Trinajstić information content (AvgIpc) is 3.31. The number of nitrogens with zero attached hydrogens (tertiary/aromatic N) is 4. The molecule has 0 saturated carbocycles. The number of rotatable bonds is 5. The van der Waals surface area contributed by atoms with E-state index in [1.807, 2.05) is 0 Å². The number of hydrogen-bond acceptors (Lipinski definition) is 5. The van der Waals surface area contributed by atoms with E-state index in [1.54, 1.807) is 6.07 Å². The van der Waals surface area contributed by atoms with Crippen LogP contribution in [0.15, 0.2) is 36.4 Å². The molecule has 2 saturated heterocycles. The van der Waals surface area contributed by atoms with Gasteiger partial charge in [-0.15, -0.1) is 0 Å². The summed E-state index contributed by atoms with van der Waals surface area (Å²) in [7, 11) is 0. The van der Waals surface area contributed by atoms with Gasteiger partial charge in [0.1, 0.15) is 17.6 Å². The fourth-order valence-corrected chi connectivity index (χ4v) is 4.14. The second kappa shape index (κ2) is 8.03. The van der Waals surface area contributed by atoms with Crippen LogP contribution in [0.1, 0.15) is 24.1 Å². The third kappa shape index (κ3) is 3.95. The molecule has 0 bridgehead atoms. The van der Waals surface area contributed by atoms with E-state index >= 15 is 0 Å². The number of anilines is 2. The molecule has 27 heavy (non-hydrogen) atoms. The highest BCUT2D eigenvalue weighted by atomic mass is 16.5. The summed E-state index contributed by atoms with van der Waals surface area (Å²) >= 11 is 0. The molecule has 4 rings (SSSR count). The van der Waals surface area contributed by atoms with Gasteiger partial charge in [-0.3, -0.25) is 4.90 Å². The van der Waals surface area contributed by atoms with Gasteiger partial charge in [-0.05, 0) is 24.5 Å². The van der Waals surface area contributed by atoms with Crippen LogP contribution in [0.2, 0.25) is 0 Å². The molecule has 1 aromatic heterocycles. The summed E-state index contributed by atoms with van der Waals surface area (Å²) in [5.41, 5.74) is 8.98. The van der Waals surface area contributed by atoms with E-state index in [9.17, 15) is 5.26 Å². The normalized spacial score (nSPS) is 20.7. The molecule has 2 aliphatic heterocycles. The molecule has 6 heteroatoms. The summed E-state index contributed by atoms with van der Waals surface area (Å²) in [6.45, 7) is 6.30. The van der Waals surface area contributed by atoms with E-state index in [0.29, 0.717) is 17.9 Å². The number of aromatic nitrogens is 1. The van der Waals surface area contributed by atoms with Crippen molar-refractivity contribution in [3.63, 3.8) is 0 Å². The predicted octanol–water partition coefficient (Wildman–Crippen LogP) is 2.44. The minimum Gasteiger partial charge on any atom is -0.396 e. The van der Waals surface area contributed by atoms with E-state index in [-0.39, 0.29) is 6.10 Å². The number of nitrogens with two attached hydrogens (primary N) is 1. The second-order valence-corrected chi connectivity index (χ2v) is 7.41. The van der Waals surface area contributed by atoms with Crippen LogP contribution in [0.3, 0.4) is 0 Å². The number of nitriles is 1. The highest BCUT2D eigenvalue weighted by Crippen LogP contribution is 2.30. The molecule has 2 N–H and O–H groups in total. The third-order valence-electron chi connectivity index (χ3n) is 5.54. The van der Waals surface area contributed by atoms with Crippen molar-refractivity contribution in [1.82, 2.24) is 9.47 Å². The van der Waals surface area contributed by atoms with E-state index in [0.717, 1.165) is 58.0 Å². The zero-order valence-corrected chi connectivity index (χ0v) is 15.7. The first-order valence-corrected chi connectivity index (χ1v) is 9.76. The van der Waals surface area contributed by atoms with Crippen molar-refractivity contribution < 1.29 is 4.74 Å². The maximum absolute atomic E-state index is 9.54. The van der Waals surface area contributed by atoms with Crippen molar-refractivity contribution in [1.29, 1.82) is 5.26 Å². The molecule has 0 amide bonds. The van der Waals surface area contributed by atoms with Crippen LogP contribution in [0.4, 0.5) is 11.5 Å². The maximum Gasteiger partial charge on any atom is 0.133 e. The van der Waals surface area contributed by atoms with Crippen molar-refractivity contribution in [3.8, 4) is 6.07 Å². The highest BCUT2D eigenvalue weighted by molar-refractivity contribution is 5.68. The Hall–Kier alpha value is -2.49. The SMILES string of the molecule is N#Cc1cc(N)c(N2CCN(Cc3ccccc3)CC2)n1CC1CCCO1. The molecule has 0 aliphatic carbocycles. The van der Waals surface area contributed by atoms with Crippen LogP contribution in [0, 0.1) is 11.3 Å². The van der Waals surface area contributed by atoms with E-state index in [2.05, 4.69) is 50.8 Å². The van der Waals surface area contributed by atoms with Crippen molar-refractivity contribution in [3.05, 3.63) is 47.7 Å². The molecule has 3 heterocycles. The summed E-state index contributed by atoms with van der Waals surface area (Å²) in [6.07, 6.45) is 2.33. The molecule has 1 atom stereocenters. The van der Waals surface area contributed by atoms with Crippen LogP contribution in [0.5, 0.6) is 0 Å². The molecule has 1 aromatic carbocycles. The summed E-state index contributed by atoms with van der Waals surface area (Å²) in [4.78, 5) is 4.80. The second-order valence-electron chi connectivity index (χ2n) is 7.41. The van der Waals surface area contributed by atoms with Gasteiger partial charge < -0.3 is 19.9 Å².